The minimum atomic E-state index is 0.886. The molecule has 0 unspecified atom stereocenters. The van der Waals surface area contributed by atoms with Crippen molar-refractivity contribution >= 4 is 28.9 Å². The standard InChI is InChI=1S/C16H15N3S2/c1-12-3-5-14(6-4-12)15-11-21-16(17-2)19(15)18-9-13-7-8-20-10-13/h3-11H,1-2H3. The largest absolute Gasteiger partial charge is 0.261 e. The summed E-state index contributed by atoms with van der Waals surface area (Å²) in [5.41, 5.74) is 4.57. The molecule has 0 radical (unpaired) electrons. The van der Waals surface area contributed by atoms with Gasteiger partial charge in [0.05, 0.1) is 11.9 Å². The lowest BCUT2D eigenvalue weighted by Gasteiger charge is -2.03. The van der Waals surface area contributed by atoms with Gasteiger partial charge in [0.2, 0.25) is 4.80 Å². The van der Waals surface area contributed by atoms with Crippen molar-refractivity contribution in [3.63, 3.8) is 0 Å². The van der Waals surface area contributed by atoms with Crippen molar-refractivity contribution in [1.82, 2.24) is 4.68 Å². The maximum Gasteiger partial charge on any atom is 0.205 e. The van der Waals surface area contributed by atoms with Crippen LogP contribution in [-0.2, 0) is 0 Å². The molecule has 0 amide bonds. The first-order chi connectivity index (χ1) is 10.3. The molecular formula is C16H15N3S2. The van der Waals surface area contributed by atoms with Crippen LogP contribution in [-0.4, -0.2) is 17.9 Å². The van der Waals surface area contributed by atoms with E-state index in [4.69, 9.17) is 0 Å². The molecule has 0 aliphatic rings. The number of aryl methyl sites for hydroxylation is 1. The Bertz CT molecular complexity index is 806. The molecule has 2 aromatic heterocycles. The molecule has 0 N–H and O–H groups in total. The molecule has 5 heteroatoms. The fourth-order valence-electron chi connectivity index (χ4n) is 1.96. The molecule has 3 nitrogen and oxygen atoms in total. The molecule has 3 rings (SSSR count). The molecule has 0 atom stereocenters. The van der Waals surface area contributed by atoms with Gasteiger partial charge in [0.25, 0.3) is 0 Å². The predicted octanol–water partition coefficient (Wildman–Crippen LogP) is 4.00. The first kappa shape index (κ1) is 14.0. The summed E-state index contributed by atoms with van der Waals surface area (Å²) in [6.45, 7) is 2.09. The van der Waals surface area contributed by atoms with Crippen LogP contribution in [0.2, 0.25) is 0 Å². The zero-order chi connectivity index (χ0) is 14.7. The normalized spacial score (nSPS) is 12.4. The van der Waals surface area contributed by atoms with E-state index in [1.165, 1.54) is 5.56 Å². The van der Waals surface area contributed by atoms with Crippen LogP contribution in [0, 0.1) is 6.92 Å². The van der Waals surface area contributed by atoms with Crippen molar-refractivity contribution in [2.24, 2.45) is 10.1 Å². The Morgan fingerprint density at radius 1 is 1.10 bits per heavy atom. The summed E-state index contributed by atoms with van der Waals surface area (Å²) in [4.78, 5) is 5.19. The highest BCUT2D eigenvalue weighted by Crippen LogP contribution is 2.20. The maximum atomic E-state index is 4.59. The van der Waals surface area contributed by atoms with Crippen molar-refractivity contribution in [2.75, 3.05) is 7.05 Å². The summed E-state index contributed by atoms with van der Waals surface area (Å²) in [5, 5.41) is 10.8. The summed E-state index contributed by atoms with van der Waals surface area (Å²) >= 11 is 3.27. The monoisotopic (exact) mass is 313 g/mol. The van der Waals surface area contributed by atoms with Gasteiger partial charge in [-0.15, -0.1) is 11.3 Å². The van der Waals surface area contributed by atoms with Crippen molar-refractivity contribution in [3.8, 4) is 11.3 Å². The van der Waals surface area contributed by atoms with Gasteiger partial charge in [0, 0.05) is 23.6 Å². The third-order valence-corrected chi connectivity index (χ3v) is 4.70. The zero-order valence-electron chi connectivity index (χ0n) is 11.9. The van der Waals surface area contributed by atoms with Gasteiger partial charge in [-0.2, -0.15) is 16.4 Å². The quantitative estimate of drug-likeness (QED) is 0.654. The van der Waals surface area contributed by atoms with E-state index in [0.717, 1.165) is 21.6 Å². The Labute approximate surface area is 131 Å². The molecule has 0 saturated carbocycles. The summed E-state index contributed by atoms with van der Waals surface area (Å²) < 4.78 is 1.90. The Balaban J connectivity index is 2.06. The highest BCUT2D eigenvalue weighted by atomic mass is 32.1. The van der Waals surface area contributed by atoms with Crippen LogP contribution in [0.5, 0.6) is 0 Å². The van der Waals surface area contributed by atoms with E-state index in [1.54, 1.807) is 29.7 Å². The smallest absolute Gasteiger partial charge is 0.205 e. The van der Waals surface area contributed by atoms with Crippen LogP contribution in [0.15, 0.2) is 56.6 Å². The highest BCUT2D eigenvalue weighted by Gasteiger charge is 2.06. The van der Waals surface area contributed by atoms with Crippen molar-refractivity contribution < 1.29 is 0 Å². The van der Waals surface area contributed by atoms with Crippen LogP contribution in [0.25, 0.3) is 11.3 Å². The van der Waals surface area contributed by atoms with Gasteiger partial charge < -0.3 is 0 Å². The van der Waals surface area contributed by atoms with Gasteiger partial charge in [-0.3, -0.25) is 4.99 Å². The van der Waals surface area contributed by atoms with E-state index >= 15 is 0 Å². The predicted molar refractivity (Wildman–Crippen MR) is 91.3 cm³/mol. The first-order valence-electron chi connectivity index (χ1n) is 6.55. The Morgan fingerprint density at radius 3 is 2.57 bits per heavy atom. The summed E-state index contributed by atoms with van der Waals surface area (Å²) in [5.74, 6) is 0. The number of aromatic nitrogens is 1. The van der Waals surface area contributed by atoms with E-state index in [9.17, 15) is 0 Å². The molecule has 0 saturated heterocycles. The van der Waals surface area contributed by atoms with Gasteiger partial charge >= 0.3 is 0 Å². The molecule has 106 valence electrons. The number of thiazole rings is 1. The highest BCUT2D eigenvalue weighted by molar-refractivity contribution is 7.08. The average molecular weight is 313 g/mol. The third-order valence-electron chi connectivity index (χ3n) is 3.09. The van der Waals surface area contributed by atoms with Gasteiger partial charge in [-0.25, -0.2) is 4.68 Å². The van der Waals surface area contributed by atoms with E-state index in [2.05, 4.69) is 58.1 Å². The fourth-order valence-corrected chi connectivity index (χ4v) is 3.37. The molecule has 0 spiro atoms. The van der Waals surface area contributed by atoms with Gasteiger partial charge in [-0.1, -0.05) is 29.8 Å². The Kier molecular flexibility index (Phi) is 4.13. The number of benzene rings is 1. The van der Waals surface area contributed by atoms with Crippen molar-refractivity contribution in [1.29, 1.82) is 0 Å². The average Bonchev–Trinajstić information content (AvgIpc) is 3.15. The minimum Gasteiger partial charge on any atom is -0.261 e. The number of hydrogen-bond acceptors (Lipinski definition) is 4. The van der Waals surface area contributed by atoms with E-state index < -0.39 is 0 Å². The summed E-state index contributed by atoms with van der Waals surface area (Å²) in [6.07, 6.45) is 1.87. The molecule has 3 aromatic rings. The first-order valence-corrected chi connectivity index (χ1v) is 8.37. The Hall–Kier alpha value is -1.98. The zero-order valence-corrected chi connectivity index (χ0v) is 13.5. The summed E-state index contributed by atoms with van der Waals surface area (Å²) in [7, 11) is 1.79. The molecule has 0 aliphatic heterocycles. The lowest BCUT2D eigenvalue weighted by atomic mass is 10.1. The van der Waals surface area contributed by atoms with Gasteiger partial charge in [0.15, 0.2) is 0 Å². The van der Waals surface area contributed by atoms with E-state index in [1.807, 2.05) is 16.3 Å². The van der Waals surface area contributed by atoms with Gasteiger partial charge in [0.1, 0.15) is 0 Å². The second-order valence-corrected chi connectivity index (χ2v) is 6.22. The number of hydrogen-bond donors (Lipinski definition) is 0. The second kappa shape index (κ2) is 6.20. The summed E-state index contributed by atoms with van der Waals surface area (Å²) in [6, 6.07) is 10.5. The molecule has 0 aliphatic carbocycles. The Morgan fingerprint density at radius 2 is 1.90 bits per heavy atom. The van der Waals surface area contributed by atoms with Crippen LogP contribution in [0.4, 0.5) is 0 Å². The topological polar surface area (TPSA) is 29.6 Å². The van der Waals surface area contributed by atoms with Crippen LogP contribution in [0.3, 0.4) is 0 Å². The van der Waals surface area contributed by atoms with Gasteiger partial charge in [-0.05, 0) is 23.8 Å². The number of nitrogens with zero attached hydrogens (tertiary/aromatic N) is 3. The van der Waals surface area contributed by atoms with Crippen molar-refractivity contribution in [3.05, 3.63) is 62.4 Å². The maximum absolute atomic E-state index is 4.59. The van der Waals surface area contributed by atoms with Crippen LogP contribution in [0.1, 0.15) is 11.1 Å². The van der Waals surface area contributed by atoms with E-state index in [0.29, 0.717) is 0 Å². The van der Waals surface area contributed by atoms with Crippen molar-refractivity contribution in [2.45, 2.75) is 6.92 Å². The lowest BCUT2D eigenvalue weighted by molar-refractivity contribution is 0.848. The number of rotatable bonds is 3. The third kappa shape index (κ3) is 3.04. The second-order valence-electron chi connectivity index (χ2n) is 4.61. The van der Waals surface area contributed by atoms with E-state index in [-0.39, 0.29) is 0 Å². The SMILES string of the molecule is CN=c1scc(-c2ccc(C)cc2)n1N=Cc1ccsc1. The van der Waals surface area contributed by atoms with Crippen LogP contribution >= 0.6 is 22.7 Å². The minimum absolute atomic E-state index is 0.886. The van der Waals surface area contributed by atoms with Crippen LogP contribution < -0.4 is 4.80 Å². The fraction of sp³-hybridized carbons (Fsp3) is 0.125. The molecule has 1 aromatic carbocycles. The molecule has 2 heterocycles. The number of thiophene rings is 1. The molecule has 0 bridgehead atoms. The molecular weight excluding hydrogens is 298 g/mol. The lowest BCUT2D eigenvalue weighted by Crippen LogP contribution is -2.11. The molecule has 21 heavy (non-hydrogen) atoms. The molecule has 0 fully saturated rings.